The van der Waals surface area contributed by atoms with E-state index in [4.69, 9.17) is 0 Å². The van der Waals surface area contributed by atoms with Gasteiger partial charge < -0.3 is 0 Å². The van der Waals surface area contributed by atoms with Gasteiger partial charge in [0.05, 0.1) is 0 Å². The zero-order valence-electron chi connectivity index (χ0n) is 14.5. The smallest absolute Gasteiger partial charge is 0.0276 e. The van der Waals surface area contributed by atoms with Gasteiger partial charge in [-0.15, -0.1) is 0 Å². The molecule has 21 heavy (non-hydrogen) atoms. The molecule has 0 unspecified atom stereocenters. The van der Waals surface area contributed by atoms with Crippen molar-refractivity contribution >= 4 is 0 Å². The third kappa shape index (κ3) is 6.33. The molecule has 1 aromatic rings. The average molecular weight is 284 g/mol. The number of hydrogen-bond acceptors (Lipinski definition) is 0. The molecule has 0 fully saturated rings. The lowest BCUT2D eigenvalue weighted by Gasteiger charge is -2.15. The molecule has 0 aliphatic carbocycles. The lowest BCUT2D eigenvalue weighted by molar-refractivity contribution is 0.735. The number of benzene rings is 1. The molecule has 116 valence electrons. The van der Waals surface area contributed by atoms with E-state index < -0.39 is 0 Å². The first-order chi connectivity index (χ1) is 10.1. The fourth-order valence-corrected chi connectivity index (χ4v) is 2.93. The summed E-state index contributed by atoms with van der Waals surface area (Å²) in [6, 6.07) is 8.97. The van der Waals surface area contributed by atoms with Crippen LogP contribution in [0.3, 0.4) is 0 Å². The topological polar surface area (TPSA) is 0 Å². The molecule has 1 aromatic carbocycles. The van der Waals surface area contributed by atoms with E-state index in [2.05, 4.69) is 58.5 Å². The van der Waals surface area contributed by atoms with Crippen molar-refractivity contribution in [3.8, 4) is 0 Å². The van der Waals surface area contributed by atoms with Crippen molar-refractivity contribution in [3.05, 3.63) is 58.7 Å². The third-order valence-electron chi connectivity index (χ3n) is 4.06. The van der Waals surface area contributed by atoms with Crippen LogP contribution in [0.4, 0.5) is 0 Å². The first-order valence-corrected chi connectivity index (χ1v) is 8.50. The molecule has 0 radical (unpaired) electrons. The zero-order chi connectivity index (χ0) is 15.7. The van der Waals surface area contributed by atoms with E-state index >= 15 is 0 Å². The molecular weight excluding hydrogens is 252 g/mol. The fourth-order valence-electron chi connectivity index (χ4n) is 2.93. The van der Waals surface area contributed by atoms with E-state index in [0.717, 1.165) is 0 Å². The lowest BCUT2D eigenvalue weighted by Crippen LogP contribution is -1.96. The van der Waals surface area contributed by atoms with Crippen LogP contribution < -0.4 is 0 Å². The van der Waals surface area contributed by atoms with Crippen LogP contribution in [0.5, 0.6) is 0 Å². The summed E-state index contributed by atoms with van der Waals surface area (Å²) in [6.45, 7) is 13.1. The summed E-state index contributed by atoms with van der Waals surface area (Å²) in [7, 11) is 0. The van der Waals surface area contributed by atoms with Crippen molar-refractivity contribution in [2.45, 2.75) is 72.6 Å². The van der Waals surface area contributed by atoms with Crippen molar-refractivity contribution in [2.24, 2.45) is 0 Å². The fraction of sp³-hybridized carbons (Fsp3) is 0.524. The zero-order valence-corrected chi connectivity index (χ0v) is 14.5. The molecule has 0 bridgehead atoms. The Hall–Kier alpha value is -1.30. The largest absolute Gasteiger partial charge is 0.0958 e. The molecule has 0 atom stereocenters. The molecule has 0 N–H and O–H groups in total. The number of hydrogen-bond donors (Lipinski definition) is 0. The van der Waals surface area contributed by atoms with Crippen LogP contribution in [-0.2, 0) is 6.42 Å². The number of allylic oxidation sites excluding steroid dienone is 3. The molecule has 0 heteroatoms. The minimum Gasteiger partial charge on any atom is -0.0958 e. The highest BCUT2D eigenvalue weighted by molar-refractivity contribution is 5.32. The standard InChI is InChI=1S/C21H32/c1-6-9-20(21(10-7-2)17(3)4)12-8-11-19-15-13-18(5)14-16-19/h13-16H,3,6-12H2,1-2,4-5H3/b21-20+. The van der Waals surface area contributed by atoms with Gasteiger partial charge in [0, 0.05) is 0 Å². The van der Waals surface area contributed by atoms with Crippen LogP contribution in [0.2, 0.25) is 0 Å². The quantitative estimate of drug-likeness (QED) is 0.438. The summed E-state index contributed by atoms with van der Waals surface area (Å²) in [5, 5.41) is 0. The summed E-state index contributed by atoms with van der Waals surface area (Å²) in [5.41, 5.74) is 7.28. The van der Waals surface area contributed by atoms with Gasteiger partial charge in [-0.1, -0.05) is 74.2 Å². The average Bonchev–Trinajstić information content (AvgIpc) is 2.46. The van der Waals surface area contributed by atoms with Crippen LogP contribution in [0.1, 0.15) is 70.4 Å². The Kier molecular flexibility index (Phi) is 8.12. The van der Waals surface area contributed by atoms with Crippen LogP contribution in [-0.4, -0.2) is 0 Å². The van der Waals surface area contributed by atoms with Gasteiger partial charge in [0.1, 0.15) is 0 Å². The molecule has 0 nitrogen and oxygen atoms in total. The number of rotatable bonds is 9. The minimum absolute atomic E-state index is 1.18. The van der Waals surface area contributed by atoms with Gasteiger partial charge in [-0.2, -0.15) is 0 Å². The summed E-state index contributed by atoms with van der Waals surface area (Å²) >= 11 is 0. The maximum atomic E-state index is 4.20. The molecule has 0 aromatic heterocycles. The van der Waals surface area contributed by atoms with E-state index in [9.17, 15) is 0 Å². The summed E-state index contributed by atoms with van der Waals surface area (Å²) < 4.78 is 0. The Morgan fingerprint density at radius 2 is 1.57 bits per heavy atom. The number of aryl methyl sites for hydroxylation is 2. The maximum Gasteiger partial charge on any atom is -0.0276 e. The first-order valence-electron chi connectivity index (χ1n) is 8.50. The van der Waals surface area contributed by atoms with Gasteiger partial charge in [0.15, 0.2) is 0 Å². The van der Waals surface area contributed by atoms with Crippen molar-refractivity contribution in [2.75, 3.05) is 0 Å². The van der Waals surface area contributed by atoms with Crippen molar-refractivity contribution < 1.29 is 0 Å². The van der Waals surface area contributed by atoms with Crippen molar-refractivity contribution in [1.82, 2.24) is 0 Å². The predicted octanol–water partition coefficient (Wildman–Crippen LogP) is 6.79. The van der Waals surface area contributed by atoms with Gasteiger partial charge in [-0.3, -0.25) is 0 Å². The van der Waals surface area contributed by atoms with Crippen LogP contribution >= 0.6 is 0 Å². The third-order valence-corrected chi connectivity index (χ3v) is 4.06. The van der Waals surface area contributed by atoms with Crippen LogP contribution in [0, 0.1) is 6.92 Å². The van der Waals surface area contributed by atoms with Crippen molar-refractivity contribution in [1.29, 1.82) is 0 Å². The monoisotopic (exact) mass is 284 g/mol. The van der Waals surface area contributed by atoms with Gasteiger partial charge in [0.2, 0.25) is 0 Å². The molecule has 0 aliphatic heterocycles. The first kappa shape index (κ1) is 17.8. The van der Waals surface area contributed by atoms with E-state index in [1.54, 1.807) is 11.1 Å². The Morgan fingerprint density at radius 1 is 0.952 bits per heavy atom. The highest BCUT2D eigenvalue weighted by Crippen LogP contribution is 2.26. The second-order valence-corrected chi connectivity index (χ2v) is 6.20. The van der Waals surface area contributed by atoms with Crippen LogP contribution in [0.25, 0.3) is 0 Å². The van der Waals surface area contributed by atoms with Crippen LogP contribution in [0.15, 0.2) is 47.6 Å². The molecular formula is C21H32. The molecule has 0 saturated carbocycles. The summed E-state index contributed by atoms with van der Waals surface area (Å²) in [5.74, 6) is 0. The van der Waals surface area contributed by atoms with E-state index in [-0.39, 0.29) is 0 Å². The molecule has 1 rings (SSSR count). The Bertz CT molecular complexity index is 459. The Labute approximate surface area is 132 Å². The molecule has 0 heterocycles. The van der Waals surface area contributed by atoms with E-state index in [1.165, 1.54) is 61.6 Å². The van der Waals surface area contributed by atoms with E-state index in [1.807, 2.05) is 0 Å². The second kappa shape index (κ2) is 9.60. The highest BCUT2D eigenvalue weighted by atomic mass is 14.1. The van der Waals surface area contributed by atoms with Gasteiger partial charge >= 0.3 is 0 Å². The van der Waals surface area contributed by atoms with Gasteiger partial charge in [-0.05, 0) is 57.1 Å². The van der Waals surface area contributed by atoms with Gasteiger partial charge in [0.25, 0.3) is 0 Å². The molecule has 0 saturated heterocycles. The second-order valence-electron chi connectivity index (χ2n) is 6.20. The van der Waals surface area contributed by atoms with Gasteiger partial charge in [-0.25, -0.2) is 0 Å². The maximum absolute atomic E-state index is 4.20. The molecule has 0 spiro atoms. The molecule has 0 aliphatic rings. The predicted molar refractivity (Wildman–Crippen MR) is 95.8 cm³/mol. The summed E-state index contributed by atoms with van der Waals surface area (Å²) in [6.07, 6.45) is 8.53. The highest BCUT2D eigenvalue weighted by Gasteiger charge is 2.07. The van der Waals surface area contributed by atoms with Crippen molar-refractivity contribution in [3.63, 3.8) is 0 Å². The Morgan fingerprint density at radius 3 is 2.10 bits per heavy atom. The SMILES string of the molecule is C=C(C)/C(CCC)=C(\CCC)CCCc1ccc(C)cc1. The normalized spacial score (nSPS) is 12.2. The lowest BCUT2D eigenvalue weighted by atomic mass is 9.91. The molecule has 0 amide bonds. The Balaban J connectivity index is 2.67. The summed E-state index contributed by atoms with van der Waals surface area (Å²) in [4.78, 5) is 0. The minimum atomic E-state index is 1.18. The van der Waals surface area contributed by atoms with E-state index in [0.29, 0.717) is 0 Å².